The number of nitrogens with zero attached hydrogens (tertiary/aromatic N) is 3. The van der Waals surface area contributed by atoms with Gasteiger partial charge in [-0.3, -0.25) is 0 Å². The lowest BCUT2D eigenvalue weighted by Gasteiger charge is -2.03. The van der Waals surface area contributed by atoms with Gasteiger partial charge in [0.05, 0.1) is 12.7 Å². The number of hydrogen-bond donors (Lipinski definition) is 0. The zero-order valence-corrected chi connectivity index (χ0v) is 10.3. The largest absolute Gasteiger partial charge is 0.496 e. The van der Waals surface area contributed by atoms with E-state index >= 15 is 0 Å². The van der Waals surface area contributed by atoms with Gasteiger partial charge >= 0.3 is 0 Å². The fourth-order valence-corrected chi connectivity index (χ4v) is 1.93. The van der Waals surface area contributed by atoms with Gasteiger partial charge in [-0.25, -0.2) is 9.50 Å². The van der Waals surface area contributed by atoms with E-state index in [2.05, 4.69) is 10.1 Å². The van der Waals surface area contributed by atoms with Crippen LogP contribution in [0.4, 0.5) is 0 Å². The van der Waals surface area contributed by atoms with Crippen LogP contribution < -0.4 is 4.74 Å². The molecule has 2 aromatic heterocycles. The first-order chi connectivity index (χ1) is 8.78. The van der Waals surface area contributed by atoms with E-state index in [1.807, 2.05) is 49.5 Å². The summed E-state index contributed by atoms with van der Waals surface area (Å²) in [6, 6.07) is 11.8. The van der Waals surface area contributed by atoms with Gasteiger partial charge in [0.15, 0.2) is 11.5 Å². The van der Waals surface area contributed by atoms with E-state index in [0.29, 0.717) is 5.82 Å². The zero-order chi connectivity index (χ0) is 12.5. The molecule has 0 saturated carbocycles. The van der Waals surface area contributed by atoms with Crippen LogP contribution in [-0.2, 0) is 0 Å². The minimum absolute atomic E-state index is 0.679. The molecule has 4 nitrogen and oxygen atoms in total. The van der Waals surface area contributed by atoms with E-state index < -0.39 is 0 Å². The topological polar surface area (TPSA) is 39.4 Å². The van der Waals surface area contributed by atoms with Gasteiger partial charge in [-0.05, 0) is 36.8 Å². The first-order valence-corrected chi connectivity index (χ1v) is 5.74. The van der Waals surface area contributed by atoms with Gasteiger partial charge in [-0.15, -0.1) is 5.10 Å². The molecule has 4 heteroatoms. The van der Waals surface area contributed by atoms with Crippen molar-refractivity contribution in [2.45, 2.75) is 6.92 Å². The van der Waals surface area contributed by atoms with Crippen molar-refractivity contribution in [3.63, 3.8) is 0 Å². The third-order valence-corrected chi connectivity index (χ3v) is 2.84. The number of methoxy groups -OCH3 is 1. The molecule has 0 unspecified atom stereocenters. The molecule has 0 fully saturated rings. The Hall–Kier alpha value is -2.36. The maximum atomic E-state index is 5.33. The highest BCUT2D eigenvalue weighted by Gasteiger charge is 2.10. The molecule has 3 rings (SSSR count). The lowest BCUT2D eigenvalue weighted by atomic mass is 10.2. The summed E-state index contributed by atoms with van der Waals surface area (Å²) in [5, 5.41) is 4.46. The van der Waals surface area contributed by atoms with Crippen LogP contribution in [0.2, 0.25) is 0 Å². The minimum Gasteiger partial charge on any atom is -0.496 e. The van der Waals surface area contributed by atoms with Crippen LogP contribution in [0.1, 0.15) is 5.56 Å². The van der Waals surface area contributed by atoms with Crippen LogP contribution >= 0.6 is 0 Å². The molecular formula is C14H13N3O. The third kappa shape index (κ3) is 1.72. The number of rotatable bonds is 2. The van der Waals surface area contributed by atoms with Crippen molar-refractivity contribution in [3.05, 3.63) is 48.2 Å². The predicted molar refractivity (Wildman–Crippen MR) is 69.7 cm³/mol. The molecule has 90 valence electrons. The number of aromatic nitrogens is 3. The van der Waals surface area contributed by atoms with Crippen molar-refractivity contribution in [3.8, 4) is 17.1 Å². The quantitative estimate of drug-likeness (QED) is 0.690. The Morgan fingerprint density at radius 1 is 1.17 bits per heavy atom. The van der Waals surface area contributed by atoms with E-state index in [1.54, 1.807) is 11.6 Å². The lowest BCUT2D eigenvalue weighted by molar-refractivity contribution is 0.416. The first kappa shape index (κ1) is 10.8. The number of para-hydroxylation sites is 1. The van der Waals surface area contributed by atoms with Crippen LogP contribution in [0, 0.1) is 6.92 Å². The summed E-state index contributed by atoms with van der Waals surface area (Å²) in [5.41, 5.74) is 2.92. The second-order valence-corrected chi connectivity index (χ2v) is 4.14. The molecule has 0 saturated heterocycles. The Balaban J connectivity index is 2.19. The SMILES string of the molecule is COc1ccccc1-c1nc2cc(C)ccn2n1. The Labute approximate surface area is 105 Å². The van der Waals surface area contributed by atoms with Crippen molar-refractivity contribution in [2.75, 3.05) is 7.11 Å². The van der Waals surface area contributed by atoms with Crippen molar-refractivity contribution in [1.82, 2.24) is 14.6 Å². The first-order valence-electron chi connectivity index (χ1n) is 5.74. The van der Waals surface area contributed by atoms with Crippen LogP contribution in [0.3, 0.4) is 0 Å². The number of benzene rings is 1. The molecule has 0 aliphatic rings. The lowest BCUT2D eigenvalue weighted by Crippen LogP contribution is -1.89. The molecule has 3 aromatic rings. The summed E-state index contributed by atoms with van der Waals surface area (Å²) in [5.74, 6) is 1.46. The van der Waals surface area contributed by atoms with E-state index in [1.165, 1.54) is 5.56 Å². The van der Waals surface area contributed by atoms with Crippen LogP contribution in [-0.4, -0.2) is 21.7 Å². The average Bonchev–Trinajstić information content (AvgIpc) is 2.81. The van der Waals surface area contributed by atoms with E-state index in [-0.39, 0.29) is 0 Å². The van der Waals surface area contributed by atoms with Gasteiger partial charge in [-0.2, -0.15) is 0 Å². The van der Waals surface area contributed by atoms with Gasteiger partial charge in [0.1, 0.15) is 5.75 Å². The smallest absolute Gasteiger partial charge is 0.185 e. The standard InChI is InChI=1S/C14H13N3O/c1-10-7-8-17-13(9-10)15-14(16-17)11-5-3-4-6-12(11)18-2/h3-9H,1-2H3. The fourth-order valence-electron chi connectivity index (χ4n) is 1.93. The predicted octanol–water partition coefficient (Wildman–Crippen LogP) is 2.71. The van der Waals surface area contributed by atoms with E-state index in [9.17, 15) is 0 Å². The maximum absolute atomic E-state index is 5.33. The Morgan fingerprint density at radius 3 is 2.83 bits per heavy atom. The van der Waals surface area contributed by atoms with Crippen molar-refractivity contribution >= 4 is 5.65 Å². The number of pyridine rings is 1. The number of ether oxygens (including phenoxy) is 1. The summed E-state index contributed by atoms with van der Waals surface area (Å²) in [7, 11) is 1.65. The number of aryl methyl sites for hydroxylation is 1. The highest BCUT2D eigenvalue weighted by Crippen LogP contribution is 2.27. The molecule has 0 aliphatic heterocycles. The molecule has 0 bridgehead atoms. The highest BCUT2D eigenvalue weighted by molar-refractivity contribution is 5.65. The van der Waals surface area contributed by atoms with Gasteiger partial charge in [0, 0.05) is 6.20 Å². The van der Waals surface area contributed by atoms with Crippen molar-refractivity contribution in [2.24, 2.45) is 0 Å². The summed E-state index contributed by atoms with van der Waals surface area (Å²) in [6.45, 7) is 2.04. The molecule has 0 aliphatic carbocycles. The maximum Gasteiger partial charge on any atom is 0.185 e. The van der Waals surface area contributed by atoms with Crippen molar-refractivity contribution in [1.29, 1.82) is 0 Å². The van der Waals surface area contributed by atoms with Gasteiger partial charge < -0.3 is 4.74 Å². The molecule has 2 heterocycles. The van der Waals surface area contributed by atoms with Gasteiger partial charge in [0.2, 0.25) is 0 Å². The second-order valence-electron chi connectivity index (χ2n) is 4.14. The van der Waals surface area contributed by atoms with Gasteiger partial charge in [0.25, 0.3) is 0 Å². The molecule has 0 atom stereocenters. The average molecular weight is 239 g/mol. The Bertz CT molecular complexity index is 703. The summed E-state index contributed by atoms with van der Waals surface area (Å²) >= 11 is 0. The van der Waals surface area contributed by atoms with Crippen LogP contribution in [0.25, 0.3) is 17.0 Å². The van der Waals surface area contributed by atoms with Crippen LogP contribution in [0.5, 0.6) is 5.75 Å². The minimum atomic E-state index is 0.679. The molecule has 0 radical (unpaired) electrons. The van der Waals surface area contributed by atoms with E-state index in [4.69, 9.17) is 4.74 Å². The Kier molecular flexibility index (Phi) is 2.48. The van der Waals surface area contributed by atoms with E-state index in [0.717, 1.165) is 17.0 Å². The summed E-state index contributed by atoms with van der Waals surface area (Å²) in [6.07, 6.45) is 1.91. The summed E-state index contributed by atoms with van der Waals surface area (Å²) in [4.78, 5) is 4.52. The Morgan fingerprint density at radius 2 is 2.00 bits per heavy atom. The molecule has 1 aromatic carbocycles. The normalized spacial score (nSPS) is 10.8. The highest BCUT2D eigenvalue weighted by atomic mass is 16.5. The number of hydrogen-bond acceptors (Lipinski definition) is 3. The third-order valence-electron chi connectivity index (χ3n) is 2.84. The summed E-state index contributed by atoms with van der Waals surface area (Å²) < 4.78 is 7.10. The fraction of sp³-hybridized carbons (Fsp3) is 0.143. The van der Waals surface area contributed by atoms with Crippen LogP contribution in [0.15, 0.2) is 42.6 Å². The molecule has 18 heavy (non-hydrogen) atoms. The molecule has 0 amide bonds. The second kappa shape index (κ2) is 4.14. The molecule has 0 spiro atoms. The monoisotopic (exact) mass is 239 g/mol. The molecular weight excluding hydrogens is 226 g/mol. The zero-order valence-electron chi connectivity index (χ0n) is 10.3. The molecule has 0 N–H and O–H groups in total. The number of fused-ring (bicyclic) bond motifs is 1. The van der Waals surface area contributed by atoms with Gasteiger partial charge in [-0.1, -0.05) is 12.1 Å². The van der Waals surface area contributed by atoms with Crippen molar-refractivity contribution < 1.29 is 4.74 Å².